The summed E-state index contributed by atoms with van der Waals surface area (Å²) < 4.78 is 16.1. The van der Waals surface area contributed by atoms with Crippen molar-refractivity contribution in [2.24, 2.45) is 5.92 Å². The molecular formula is C37H44N2O6. The fourth-order valence-corrected chi connectivity index (χ4v) is 6.90. The van der Waals surface area contributed by atoms with Gasteiger partial charge in [-0.3, -0.25) is 14.4 Å². The minimum Gasteiger partial charge on any atom is -0.493 e. The second-order valence-corrected chi connectivity index (χ2v) is 12.1. The second kappa shape index (κ2) is 15.1. The number of hydrogen-bond acceptors (Lipinski definition) is 6. The molecule has 0 aliphatic carbocycles. The molecule has 8 nitrogen and oxygen atoms in total. The molecule has 8 heteroatoms. The number of ether oxygens (including phenoxy) is 3. The number of rotatable bonds is 15. The third kappa shape index (κ3) is 7.49. The Morgan fingerprint density at radius 3 is 1.87 bits per heavy atom. The SMILES string of the molecule is COc1cc(C(=O)C(=O)N2C3CCC2C(=O)N(CC(CCCc2ccccc2)CCCc2ccccc2)C3)cc(OC)c1OC. The molecule has 3 aromatic carbocycles. The van der Waals surface area contributed by atoms with Gasteiger partial charge in [0.25, 0.3) is 11.7 Å². The molecule has 2 heterocycles. The molecule has 2 fully saturated rings. The quantitative estimate of drug-likeness (QED) is 0.160. The molecule has 2 unspecified atom stereocenters. The summed E-state index contributed by atoms with van der Waals surface area (Å²) in [5, 5.41) is 0. The van der Waals surface area contributed by atoms with Crippen LogP contribution in [0.3, 0.4) is 0 Å². The molecule has 2 amide bonds. The third-order valence-corrected chi connectivity index (χ3v) is 9.21. The standard InChI is InChI=1S/C37H44N2O6/c1-43-32-22-29(23-33(44-2)35(32)45-3)34(40)37(42)39-30-20-21-31(39)36(41)38(25-30)24-28(18-10-16-26-12-6-4-7-13-26)19-11-17-27-14-8-5-9-15-27/h4-9,12-15,22-23,28,30-31H,10-11,16-21,24-25H2,1-3H3. The molecule has 0 aromatic heterocycles. The van der Waals surface area contributed by atoms with E-state index in [1.54, 1.807) is 0 Å². The van der Waals surface area contributed by atoms with Gasteiger partial charge < -0.3 is 24.0 Å². The first-order valence-corrected chi connectivity index (χ1v) is 16.0. The molecule has 2 aliphatic heterocycles. The molecule has 5 rings (SSSR count). The first-order valence-electron chi connectivity index (χ1n) is 16.0. The minimum absolute atomic E-state index is 0.0501. The minimum atomic E-state index is -0.688. The van der Waals surface area contributed by atoms with Gasteiger partial charge in [-0.05, 0) is 80.5 Å². The Labute approximate surface area is 266 Å². The molecule has 3 aromatic rings. The number of ketones is 1. The summed E-state index contributed by atoms with van der Waals surface area (Å²) in [6.07, 6.45) is 7.48. The lowest BCUT2D eigenvalue weighted by molar-refractivity contribution is -0.149. The predicted molar refractivity (Wildman–Crippen MR) is 173 cm³/mol. The zero-order valence-electron chi connectivity index (χ0n) is 26.6. The Balaban J connectivity index is 1.25. The van der Waals surface area contributed by atoms with Gasteiger partial charge in [-0.15, -0.1) is 0 Å². The van der Waals surface area contributed by atoms with Crippen LogP contribution in [0.5, 0.6) is 17.2 Å². The van der Waals surface area contributed by atoms with Gasteiger partial charge >= 0.3 is 0 Å². The number of carbonyl (C=O) groups is 3. The summed E-state index contributed by atoms with van der Waals surface area (Å²) in [5.74, 6) is -0.103. The number of carbonyl (C=O) groups excluding carboxylic acids is 3. The number of benzene rings is 3. The van der Waals surface area contributed by atoms with Crippen molar-refractivity contribution < 1.29 is 28.6 Å². The number of aryl methyl sites for hydroxylation is 2. The maximum atomic E-state index is 13.8. The van der Waals surface area contributed by atoms with E-state index >= 15 is 0 Å². The van der Waals surface area contributed by atoms with E-state index < -0.39 is 17.7 Å². The zero-order chi connectivity index (χ0) is 31.8. The van der Waals surface area contributed by atoms with Crippen molar-refractivity contribution in [3.63, 3.8) is 0 Å². The summed E-state index contributed by atoms with van der Waals surface area (Å²) >= 11 is 0. The fourth-order valence-electron chi connectivity index (χ4n) is 6.90. The number of Topliss-reactive ketones (excluding diaryl/α,β-unsaturated/α-hetero) is 1. The van der Waals surface area contributed by atoms with E-state index in [4.69, 9.17) is 14.2 Å². The van der Waals surface area contributed by atoms with Crippen LogP contribution in [-0.2, 0) is 22.4 Å². The first-order chi connectivity index (χ1) is 21.9. The normalized spacial score (nSPS) is 17.5. The smallest absolute Gasteiger partial charge is 0.295 e. The number of methoxy groups -OCH3 is 3. The van der Waals surface area contributed by atoms with Crippen molar-refractivity contribution in [1.82, 2.24) is 9.80 Å². The van der Waals surface area contributed by atoms with Gasteiger partial charge in [-0.2, -0.15) is 0 Å². The topological polar surface area (TPSA) is 85.4 Å². The average Bonchev–Trinajstić information content (AvgIpc) is 3.43. The largest absolute Gasteiger partial charge is 0.493 e. The Morgan fingerprint density at radius 1 is 0.800 bits per heavy atom. The van der Waals surface area contributed by atoms with Gasteiger partial charge in [-0.25, -0.2) is 0 Å². The van der Waals surface area contributed by atoms with Crippen molar-refractivity contribution >= 4 is 17.6 Å². The van der Waals surface area contributed by atoms with Gasteiger partial charge in [0.05, 0.1) is 27.4 Å². The summed E-state index contributed by atoms with van der Waals surface area (Å²) in [7, 11) is 4.40. The van der Waals surface area contributed by atoms with Crippen LogP contribution in [0, 0.1) is 5.92 Å². The van der Waals surface area contributed by atoms with E-state index in [1.807, 2.05) is 17.0 Å². The number of fused-ring (bicyclic) bond motifs is 2. The maximum absolute atomic E-state index is 13.8. The van der Waals surface area contributed by atoms with Crippen molar-refractivity contribution in [3.05, 3.63) is 89.5 Å². The van der Waals surface area contributed by atoms with Crippen molar-refractivity contribution in [2.75, 3.05) is 34.4 Å². The van der Waals surface area contributed by atoms with Crippen LogP contribution in [0.25, 0.3) is 0 Å². The Morgan fingerprint density at radius 2 is 1.36 bits per heavy atom. The van der Waals surface area contributed by atoms with Crippen molar-refractivity contribution in [2.45, 2.75) is 63.5 Å². The Kier molecular flexibility index (Phi) is 10.8. The summed E-state index contributed by atoms with van der Waals surface area (Å²) in [4.78, 5) is 44.4. The van der Waals surface area contributed by atoms with Crippen LogP contribution in [0.4, 0.5) is 0 Å². The van der Waals surface area contributed by atoms with Crippen LogP contribution in [0.1, 0.15) is 60.0 Å². The third-order valence-electron chi connectivity index (χ3n) is 9.21. The van der Waals surface area contributed by atoms with Crippen LogP contribution < -0.4 is 14.2 Å². The predicted octanol–water partition coefficient (Wildman–Crippen LogP) is 5.76. The van der Waals surface area contributed by atoms with Gasteiger partial charge in [0.2, 0.25) is 11.7 Å². The number of hydrogen-bond donors (Lipinski definition) is 0. The highest BCUT2D eigenvalue weighted by molar-refractivity contribution is 6.43. The number of piperazine rings is 1. The monoisotopic (exact) mass is 612 g/mol. The van der Waals surface area contributed by atoms with Gasteiger partial charge in [-0.1, -0.05) is 60.7 Å². The van der Waals surface area contributed by atoms with Gasteiger partial charge in [0, 0.05) is 18.7 Å². The van der Waals surface area contributed by atoms with Crippen LogP contribution in [0.15, 0.2) is 72.8 Å². The van der Waals surface area contributed by atoms with E-state index in [9.17, 15) is 14.4 Å². The molecule has 0 spiro atoms. The fraction of sp³-hybridized carbons (Fsp3) is 0.432. The molecule has 238 valence electrons. The first kappa shape index (κ1) is 32.1. The van der Waals surface area contributed by atoms with Crippen LogP contribution in [-0.4, -0.2) is 73.9 Å². The number of likely N-dealkylation sites (tertiary alicyclic amines) is 1. The molecule has 45 heavy (non-hydrogen) atoms. The molecule has 2 bridgehead atoms. The lowest BCUT2D eigenvalue weighted by Gasteiger charge is -2.41. The molecule has 0 N–H and O–H groups in total. The summed E-state index contributed by atoms with van der Waals surface area (Å²) in [6.45, 7) is 1.13. The second-order valence-electron chi connectivity index (χ2n) is 12.1. The van der Waals surface area contributed by atoms with Gasteiger partial charge in [0.15, 0.2) is 11.5 Å². The van der Waals surface area contributed by atoms with Crippen LogP contribution >= 0.6 is 0 Å². The van der Waals surface area contributed by atoms with Crippen molar-refractivity contribution in [1.29, 1.82) is 0 Å². The van der Waals surface area contributed by atoms with E-state index in [1.165, 1.54) is 49.5 Å². The number of amides is 2. The number of nitrogens with zero attached hydrogens (tertiary/aromatic N) is 2. The molecule has 2 atom stereocenters. The highest BCUT2D eigenvalue weighted by atomic mass is 16.5. The molecule has 2 saturated heterocycles. The van der Waals surface area contributed by atoms with Gasteiger partial charge in [0.1, 0.15) is 6.04 Å². The summed E-state index contributed by atoms with van der Waals surface area (Å²) in [6, 6.07) is 23.2. The van der Waals surface area contributed by atoms with Crippen LogP contribution in [0.2, 0.25) is 0 Å². The Hall–Kier alpha value is -4.33. The molecular weight excluding hydrogens is 568 g/mol. The van der Waals surface area contributed by atoms with E-state index in [0.29, 0.717) is 49.1 Å². The van der Waals surface area contributed by atoms with E-state index in [-0.39, 0.29) is 17.5 Å². The van der Waals surface area contributed by atoms with E-state index in [0.717, 1.165) is 38.5 Å². The average molecular weight is 613 g/mol. The lowest BCUT2D eigenvalue weighted by Crippen LogP contribution is -2.60. The molecule has 0 saturated carbocycles. The lowest BCUT2D eigenvalue weighted by atomic mass is 9.92. The molecule has 2 aliphatic rings. The van der Waals surface area contributed by atoms with Crippen molar-refractivity contribution in [3.8, 4) is 17.2 Å². The highest BCUT2D eigenvalue weighted by Gasteiger charge is 2.49. The highest BCUT2D eigenvalue weighted by Crippen LogP contribution is 2.39. The van der Waals surface area contributed by atoms with E-state index in [2.05, 4.69) is 48.5 Å². The summed E-state index contributed by atoms with van der Waals surface area (Å²) in [5.41, 5.74) is 2.80. The maximum Gasteiger partial charge on any atom is 0.295 e. The molecule has 0 radical (unpaired) electrons. The Bertz CT molecular complexity index is 1390. The zero-order valence-corrected chi connectivity index (χ0v) is 26.6.